The standard InChI is InChI=1S/C30H35N5O3/c1-19(2)35-28-15-24(23-7-5-22(6-8-23)18-34-9-11-38-12-10-34)14-25(27(28)17-32-35)29(36)31-16-26-20(3)13-21(4)33-30(26)37/h5-8,13-15,17,19H,9-12,16,18H2,1-4H3,(H,31,36)(H,33,37). The number of carbonyl (C=O) groups excluding carboxylic acids is 1. The van der Waals surface area contributed by atoms with Crippen LogP contribution in [-0.2, 0) is 17.8 Å². The molecule has 38 heavy (non-hydrogen) atoms. The lowest BCUT2D eigenvalue weighted by Gasteiger charge is -2.26. The molecule has 8 nitrogen and oxygen atoms in total. The third kappa shape index (κ3) is 5.42. The maximum Gasteiger partial charge on any atom is 0.253 e. The van der Waals surface area contributed by atoms with Gasteiger partial charge in [0.1, 0.15) is 0 Å². The van der Waals surface area contributed by atoms with Crippen molar-refractivity contribution >= 4 is 16.8 Å². The molecule has 0 radical (unpaired) electrons. The Labute approximate surface area is 222 Å². The van der Waals surface area contributed by atoms with Crippen LogP contribution < -0.4 is 10.9 Å². The molecule has 1 aliphatic rings. The first-order valence-electron chi connectivity index (χ1n) is 13.2. The first kappa shape index (κ1) is 25.9. The highest BCUT2D eigenvalue weighted by Crippen LogP contribution is 2.30. The van der Waals surface area contributed by atoms with E-state index >= 15 is 0 Å². The van der Waals surface area contributed by atoms with Crippen LogP contribution in [0, 0.1) is 13.8 Å². The van der Waals surface area contributed by atoms with Gasteiger partial charge in [-0.15, -0.1) is 0 Å². The summed E-state index contributed by atoms with van der Waals surface area (Å²) in [7, 11) is 0. The molecule has 1 saturated heterocycles. The molecule has 3 heterocycles. The maximum atomic E-state index is 13.5. The lowest BCUT2D eigenvalue weighted by atomic mass is 9.98. The number of aromatic nitrogens is 3. The molecule has 2 aromatic carbocycles. The summed E-state index contributed by atoms with van der Waals surface area (Å²) in [5.74, 6) is -0.233. The zero-order valence-corrected chi connectivity index (χ0v) is 22.5. The molecule has 0 bridgehead atoms. The molecule has 0 saturated carbocycles. The minimum Gasteiger partial charge on any atom is -0.379 e. The van der Waals surface area contributed by atoms with Gasteiger partial charge in [0, 0.05) is 48.9 Å². The van der Waals surface area contributed by atoms with Crippen LogP contribution in [0.5, 0.6) is 0 Å². The third-order valence-corrected chi connectivity index (χ3v) is 7.17. The molecule has 0 aliphatic carbocycles. The zero-order valence-electron chi connectivity index (χ0n) is 22.5. The predicted molar refractivity (Wildman–Crippen MR) is 149 cm³/mol. The van der Waals surface area contributed by atoms with Crippen molar-refractivity contribution in [3.8, 4) is 11.1 Å². The number of aromatic amines is 1. The van der Waals surface area contributed by atoms with E-state index in [0.717, 1.165) is 66.1 Å². The number of morpholine rings is 1. The maximum absolute atomic E-state index is 13.5. The number of nitrogens with one attached hydrogen (secondary N) is 2. The highest BCUT2D eigenvalue weighted by molar-refractivity contribution is 6.08. The van der Waals surface area contributed by atoms with Gasteiger partial charge in [-0.3, -0.25) is 19.2 Å². The quantitative estimate of drug-likeness (QED) is 0.383. The van der Waals surface area contributed by atoms with Gasteiger partial charge in [-0.1, -0.05) is 24.3 Å². The van der Waals surface area contributed by atoms with E-state index < -0.39 is 0 Å². The molecule has 8 heteroatoms. The van der Waals surface area contributed by atoms with Crippen LogP contribution in [0.15, 0.2) is 53.5 Å². The molecule has 0 atom stereocenters. The van der Waals surface area contributed by atoms with Gasteiger partial charge in [0.25, 0.3) is 11.5 Å². The largest absolute Gasteiger partial charge is 0.379 e. The molecule has 198 valence electrons. The number of ether oxygens (including phenoxy) is 1. The first-order valence-corrected chi connectivity index (χ1v) is 13.2. The molecule has 0 spiro atoms. The molecule has 1 amide bonds. The fourth-order valence-corrected chi connectivity index (χ4v) is 5.10. The number of fused-ring (bicyclic) bond motifs is 1. The van der Waals surface area contributed by atoms with Crippen LogP contribution in [0.1, 0.15) is 52.6 Å². The number of benzene rings is 2. The number of nitrogens with zero attached hydrogens (tertiary/aromatic N) is 3. The van der Waals surface area contributed by atoms with E-state index in [1.165, 1.54) is 5.56 Å². The van der Waals surface area contributed by atoms with Crippen molar-refractivity contribution in [2.75, 3.05) is 26.3 Å². The van der Waals surface area contributed by atoms with Crippen LogP contribution >= 0.6 is 0 Å². The van der Waals surface area contributed by atoms with E-state index in [9.17, 15) is 9.59 Å². The van der Waals surface area contributed by atoms with Crippen molar-refractivity contribution in [3.05, 3.63) is 87.0 Å². The number of rotatable bonds is 7. The summed E-state index contributed by atoms with van der Waals surface area (Å²) in [5, 5.41) is 8.33. The Morgan fingerprint density at radius 1 is 1.08 bits per heavy atom. The lowest BCUT2D eigenvalue weighted by molar-refractivity contribution is 0.0342. The summed E-state index contributed by atoms with van der Waals surface area (Å²) in [6.07, 6.45) is 1.75. The second kappa shape index (κ2) is 10.9. The van der Waals surface area contributed by atoms with Crippen molar-refractivity contribution in [3.63, 3.8) is 0 Å². The Kier molecular flexibility index (Phi) is 7.44. The number of aryl methyl sites for hydroxylation is 2. The monoisotopic (exact) mass is 513 g/mol. The predicted octanol–water partition coefficient (Wildman–Crippen LogP) is 4.35. The third-order valence-electron chi connectivity index (χ3n) is 7.17. The van der Waals surface area contributed by atoms with E-state index in [0.29, 0.717) is 11.1 Å². The highest BCUT2D eigenvalue weighted by atomic mass is 16.5. The van der Waals surface area contributed by atoms with Crippen molar-refractivity contribution in [1.82, 2.24) is 25.0 Å². The van der Waals surface area contributed by atoms with E-state index in [2.05, 4.69) is 64.5 Å². The summed E-state index contributed by atoms with van der Waals surface area (Å²) in [5.41, 5.74) is 6.73. The number of carbonyl (C=O) groups is 1. The van der Waals surface area contributed by atoms with E-state index in [1.807, 2.05) is 30.7 Å². The van der Waals surface area contributed by atoms with E-state index in [4.69, 9.17) is 4.74 Å². The fourth-order valence-electron chi connectivity index (χ4n) is 5.10. The highest BCUT2D eigenvalue weighted by Gasteiger charge is 2.18. The Morgan fingerprint density at radius 2 is 1.82 bits per heavy atom. The Balaban J connectivity index is 1.45. The van der Waals surface area contributed by atoms with Gasteiger partial charge < -0.3 is 15.0 Å². The van der Waals surface area contributed by atoms with Gasteiger partial charge in [-0.05, 0) is 68.1 Å². The van der Waals surface area contributed by atoms with Crippen LogP contribution in [0.25, 0.3) is 22.0 Å². The van der Waals surface area contributed by atoms with Crippen molar-refractivity contribution in [1.29, 1.82) is 0 Å². The van der Waals surface area contributed by atoms with Crippen LogP contribution in [-0.4, -0.2) is 51.9 Å². The average molecular weight is 514 g/mol. The molecule has 1 fully saturated rings. The van der Waals surface area contributed by atoms with Crippen molar-refractivity contribution in [2.45, 2.75) is 46.8 Å². The smallest absolute Gasteiger partial charge is 0.253 e. The molecule has 2 N–H and O–H groups in total. The minimum absolute atomic E-state index is 0.142. The summed E-state index contributed by atoms with van der Waals surface area (Å²) in [4.78, 5) is 31.2. The Morgan fingerprint density at radius 3 is 2.50 bits per heavy atom. The summed E-state index contributed by atoms with van der Waals surface area (Å²) in [6.45, 7) is 12.4. The lowest BCUT2D eigenvalue weighted by Crippen LogP contribution is -2.35. The molecule has 2 aromatic heterocycles. The number of hydrogen-bond donors (Lipinski definition) is 2. The number of hydrogen-bond acceptors (Lipinski definition) is 5. The number of amides is 1. The summed E-state index contributed by atoms with van der Waals surface area (Å²) < 4.78 is 7.40. The Bertz CT molecular complexity index is 1510. The average Bonchev–Trinajstić information content (AvgIpc) is 3.33. The van der Waals surface area contributed by atoms with Gasteiger partial charge in [-0.25, -0.2) is 0 Å². The van der Waals surface area contributed by atoms with E-state index in [1.54, 1.807) is 6.20 Å². The zero-order chi connectivity index (χ0) is 26.8. The van der Waals surface area contributed by atoms with Gasteiger partial charge in [0.05, 0.1) is 30.5 Å². The molecule has 0 unspecified atom stereocenters. The van der Waals surface area contributed by atoms with Crippen molar-refractivity contribution < 1.29 is 9.53 Å². The summed E-state index contributed by atoms with van der Waals surface area (Å²) in [6, 6.07) is 14.6. The summed E-state index contributed by atoms with van der Waals surface area (Å²) >= 11 is 0. The molecule has 4 aromatic rings. The second-order valence-corrected chi connectivity index (χ2v) is 10.4. The van der Waals surface area contributed by atoms with Crippen molar-refractivity contribution in [2.24, 2.45) is 0 Å². The molecular weight excluding hydrogens is 478 g/mol. The van der Waals surface area contributed by atoms with Gasteiger partial charge in [0.2, 0.25) is 0 Å². The topological polar surface area (TPSA) is 92.2 Å². The minimum atomic E-state index is -0.233. The Hall–Kier alpha value is -3.75. The fraction of sp³-hybridized carbons (Fsp3) is 0.367. The molecule has 5 rings (SSSR count). The first-order chi connectivity index (χ1) is 18.3. The second-order valence-electron chi connectivity index (χ2n) is 10.4. The molecular formula is C30H35N5O3. The SMILES string of the molecule is Cc1cc(C)c(CNC(=O)c2cc(-c3ccc(CN4CCOCC4)cc3)cc3c2cnn3C(C)C)c(=O)[nH]1. The normalized spacial score (nSPS) is 14.3. The van der Waals surface area contributed by atoms with Gasteiger partial charge in [-0.2, -0.15) is 5.10 Å². The van der Waals surface area contributed by atoms with Gasteiger partial charge >= 0.3 is 0 Å². The number of pyridine rings is 1. The molecule has 1 aliphatic heterocycles. The van der Waals surface area contributed by atoms with Crippen LogP contribution in [0.4, 0.5) is 0 Å². The van der Waals surface area contributed by atoms with Crippen LogP contribution in [0.3, 0.4) is 0 Å². The van der Waals surface area contributed by atoms with Crippen LogP contribution in [0.2, 0.25) is 0 Å². The van der Waals surface area contributed by atoms with E-state index in [-0.39, 0.29) is 24.1 Å². The van der Waals surface area contributed by atoms with Gasteiger partial charge in [0.15, 0.2) is 0 Å². The number of H-pyrrole nitrogens is 1.